The Bertz CT molecular complexity index is 1050. The van der Waals surface area contributed by atoms with E-state index >= 15 is 0 Å². The van der Waals surface area contributed by atoms with Crippen LogP contribution < -0.4 is 14.2 Å². The monoisotopic (exact) mass is 371 g/mol. The van der Waals surface area contributed by atoms with E-state index in [2.05, 4.69) is 4.98 Å². The molecule has 1 aromatic heterocycles. The van der Waals surface area contributed by atoms with Gasteiger partial charge < -0.3 is 14.2 Å². The van der Waals surface area contributed by atoms with E-state index in [1.54, 1.807) is 18.2 Å². The maximum atomic E-state index is 11.1. The number of nitro groups is 2. The quantitative estimate of drug-likeness (QED) is 0.472. The topological polar surface area (TPSA) is 127 Å². The van der Waals surface area contributed by atoms with E-state index in [0.717, 1.165) is 12.1 Å². The zero-order valence-corrected chi connectivity index (χ0v) is 14.2. The van der Waals surface area contributed by atoms with Gasteiger partial charge in [-0.15, -0.1) is 0 Å². The third kappa shape index (κ3) is 3.40. The van der Waals surface area contributed by atoms with Gasteiger partial charge in [-0.05, 0) is 18.2 Å². The Morgan fingerprint density at radius 1 is 0.852 bits per heavy atom. The summed E-state index contributed by atoms with van der Waals surface area (Å²) in [6.07, 6.45) is 1.50. The van der Waals surface area contributed by atoms with Crippen LogP contribution in [-0.2, 0) is 0 Å². The van der Waals surface area contributed by atoms with E-state index in [0.29, 0.717) is 28.2 Å². The van der Waals surface area contributed by atoms with E-state index in [-0.39, 0.29) is 5.75 Å². The number of fused-ring (bicyclic) bond motifs is 1. The van der Waals surface area contributed by atoms with Crippen LogP contribution in [0.5, 0.6) is 23.0 Å². The molecular weight excluding hydrogens is 358 g/mol. The van der Waals surface area contributed by atoms with Crippen molar-refractivity contribution in [1.29, 1.82) is 0 Å². The van der Waals surface area contributed by atoms with E-state index in [4.69, 9.17) is 14.2 Å². The molecular formula is C17H13N3O7. The van der Waals surface area contributed by atoms with Crippen LogP contribution in [0.15, 0.2) is 42.6 Å². The van der Waals surface area contributed by atoms with E-state index in [9.17, 15) is 20.2 Å². The molecule has 0 amide bonds. The van der Waals surface area contributed by atoms with E-state index < -0.39 is 21.2 Å². The summed E-state index contributed by atoms with van der Waals surface area (Å²) in [4.78, 5) is 24.6. The molecule has 3 rings (SSSR count). The molecule has 0 bridgehead atoms. The molecule has 0 aliphatic heterocycles. The second-order valence-corrected chi connectivity index (χ2v) is 5.30. The molecule has 0 N–H and O–H groups in total. The summed E-state index contributed by atoms with van der Waals surface area (Å²) < 4.78 is 16.2. The molecule has 27 heavy (non-hydrogen) atoms. The van der Waals surface area contributed by atoms with E-state index in [1.165, 1.54) is 26.5 Å². The molecule has 138 valence electrons. The molecule has 0 aliphatic rings. The van der Waals surface area contributed by atoms with Crippen LogP contribution in [0.2, 0.25) is 0 Å². The predicted octanol–water partition coefficient (Wildman–Crippen LogP) is 3.86. The lowest BCUT2D eigenvalue weighted by molar-refractivity contribution is -0.422. The average Bonchev–Trinajstić information content (AvgIpc) is 2.66. The van der Waals surface area contributed by atoms with Gasteiger partial charge in [0.25, 0.3) is 0 Å². The molecule has 3 aromatic rings. The lowest BCUT2D eigenvalue weighted by atomic mass is 10.1. The van der Waals surface area contributed by atoms with Crippen molar-refractivity contribution in [3.8, 4) is 23.0 Å². The van der Waals surface area contributed by atoms with Gasteiger partial charge >= 0.3 is 11.4 Å². The number of hydrogen-bond donors (Lipinski definition) is 0. The van der Waals surface area contributed by atoms with Gasteiger partial charge in [-0.3, -0.25) is 25.2 Å². The fraction of sp³-hybridized carbons (Fsp3) is 0.118. The molecule has 0 radical (unpaired) electrons. The maximum absolute atomic E-state index is 11.1. The van der Waals surface area contributed by atoms with Gasteiger partial charge in [-0.2, -0.15) is 0 Å². The number of ether oxygens (including phenoxy) is 3. The van der Waals surface area contributed by atoms with Gasteiger partial charge in [-0.1, -0.05) is 0 Å². The Kier molecular flexibility index (Phi) is 4.71. The fourth-order valence-corrected chi connectivity index (χ4v) is 2.53. The lowest BCUT2D eigenvalue weighted by Gasteiger charge is -2.12. The first-order chi connectivity index (χ1) is 12.9. The van der Waals surface area contributed by atoms with Crippen LogP contribution in [0.1, 0.15) is 0 Å². The maximum Gasteiger partial charge on any atom is 0.349 e. The highest BCUT2D eigenvalue weighted by Gasteiger charge is 2.25. The normalized spacial score (nSPS) is 10.4. The Labute approximate surface area is 152 Å². The summed E-state index contributed by atoms with van der Waals surface area (Å²) in [7, 11) is 2.99. The number of hydrogen-bond acceptors (Lipinski definition) is 8. The first kappa shape index (κ1) is 17.9. The van der Waals surface area contributed by atoms with Gasteiger partial charge in [0.05, 0.1) is 35.6 Å². The van der Waals surface area contributed by atoms with Gasteiger partial charge in [0.1, 0.15) is 11.5 Å². The number of nitrogens with zero attached hydrogens (tertiary/aromatic N) is 3. The lowest BCUT2D eigenvalue weighted by Crippen LogP contribution is -1.97. The minimum atomic E-state index is -0.830. The molecule has 0 unspecified atom stereocenters. The van der Waals surface area contributed by atoms with E-state index in [1.807, 2.05) is 0 Å². The second-order valence-electron chi connectivity index (χ2n) is 5.30. The first-order valence-electron chi connectivity index (χ1n) is 7.56. The molecule has 0 saturated heterocycles. The highest BCUT2D eigenvalue weighted by Crippen LogP contribution is 2.38. The second kappa shape index (κ2) is 7.12. The van der Waals surface area contributed by atoms with Crippen molar-refractivity contribution in [2.45, 2.75) is 0 Å². The van der Waals surface area contributed by atoms with Crippen LogP contribution in [0, 0.1) is 20.2 Å². The minimum Gasteiger partial charge on any atom is -0.493 e. The van der Waals surface area contributed by atoms with Crippen molar-refractivity contribution in [2.75, 3.05) is 14.2 Å². The number of methoxy groups -OCH3 is 2. The summed E-state index contributed by atoms with van der Waals surface area (Å²) in [5.74, 6) is 1.37. The summed E-state index contributed by atoms with van der Waals surface area (Å²) in [5, 5.41) is 22.6. The molecule has 0 saturated carbocycles. The number of aromatic nitrogens is 1. The summed E-state index contributed by atoms with van der Waals surface area (Å²) in [6, 6.07) is 8.22. The zero-order valence-electron chi connectivity index (χ0n) is 14.2. The number of nitro benzene ring substituents is 2. The molecule has 10 nitrogen and oxygen atoms in total. The highest BCUT2D eigenvalue weighted by molar-refractivity contribution is 5.88. The average molecular weight is 371 g/mol. The van der Waals surface area contributed by atoms with Crippen molar-refractivity contribution >= 4 is 22.3 Å². The van der Waals surface area contributed by atoms with Crippen LogP contribution >= 0.6 is 0 Å². The Morgan fingerprint density at radius 3 is 2.15 bits per heavy atom. The van der Waals surface area contributed by atoms with Gasteiger partial charge in [0.15, 0.2) is 11.5 Å². The van der Waals surface area contributed by atoms with Gasteiger partial charge in [-0.25, -0.2) is 0 Å². The third-order valence-corrected chi connectivity index (χ3v) is 3.77. The van der Waals surface area contributed by atoms with Crippen molar-refractivity contribution in [2.24, 2.45) is 0 Å². The smallest absolute Gasteiger partial charge is 0.349 e. The molecule has 2 aromatic carbocycles. The minimum absolute atomic E-state index is 0.0783. The zero-order chi connectivity index (χ0) is 19.6. The standard InChI is InChI=1S/C17H13N3O7/c1-25-16-8-11-12(9-17(16)26-2)18-6-5-15(11)27-10-3-4-13(19(21)22)14(7-10)20(23)24/h3-9H,1-2H3. The largest absolute Gasteiger partial charge is 0.493 e. The molecule has 0 atom stereocenters. The van der Waals surface area contributed by atoms with Crippen molar-refractivity contribution in [3.63, 3.8) is 0 Å². The SMILES string of the molecule is COc1cc2nccc(Oc3ccc([N+](=O)[O-])c([N+](=O)[O-])c3)c2cc1OC. The van der Waals surface area contributed by atoms with Crippen molar-refractivity contribution < 1.29 is 24.1 Å². The molecule has 1 heterocycles. The Morgan fingerprint density at radius 2 is 1.52 bits per heavy atom. The van der Waals surface area contributed by atoms with Gasteiger partial charge in [0, 0.05) is 23.7 Å². The molecule has 0 fully saturated rings. The Balaban J connectivity index is 2.08. The highest BCUT2D eigenvalue weighted by atomic mass is 16.6. The summed E-state index contributed by atoms with van der Waals surface area (Å²) in [5.41, 5.74) is -0.713. The number of pyridine rings is 1. The van der Waals surface area contributed by atoms with Crippen molar-refractivity contribution in [1.82, 2.24) is 4.98 Å². The Hall–Kier alpha value is -3.95. The van der Waals surface area contributed by atoms with Crippen molar-refractivity contribution in [3.05, 3.63) is 62.8 Å². The van der Waals surface area contributed by atoms with Crippen LogP contribution in [0.25, 0.3) is 10.9 Å². The van der Waals surface area contributed by atoms with Gasteiger partial charge in [0.2, 0.25) is 0 Å². The number of rotatable bonds is 6. The predicted molar refractivity (Wildman–Crippen MR) is 94.7 cm³/mol. The fourth-order valence-electron chi connectivity index (χ4n) is 2.53. The number of benzene rings is 2. The summed E-state index contributed by atoms with van der Waals surface area (Å²) in [6.45, 7) is 0. The molecule has 0 spiro atoms. The molecule has 10 heteroatoms. The van der Waals surface area contributed by atoms with Crippen LogP contribution in [0.4, 0.5) is 11.4 Å². The van der Waals surface area contributed by atoms with Crippen LogP contribution in [0.3, 0.4) is 0 Å². The van der Waals surface area contributed by atoms with Crippen LogP contribution in [-0.4, -0.2) is 29.1 Å². The third-order valence-electron chi connectivity index (χ3n) is 3.77. The summed E-state index contributed by atoms with van der Waals surface area (Å²) >= 11 is 0. The molecule has 0 aliphatic carbocycles. The first-order valence-corrected chi connectivity index (χ1v) is 7.56.